The number of carbonyl (C=O) groups excluding carboxylic acids is 2. The zero-order valence-electron chi connectivity index (χ0n) is 26.9. The molecule has 1 aromatic heterocycles. The summed E-state index contributed by atoms with van der Waals surface area (Å²) in [7, 11) is 0. The van der Waals surface area contributed by atoms with E-state index in [-0.39, 0.29) is 43.7 Å². The first-order valence-corrected chi connectivity index (χ1v) is 16.3. The second kappa shape index (κ2) is 10.8. The highest BCUT2D eigenvalue weighted by Crippen LogP contribution is 2.78. The Labute approximate surface area is 271 Å². The van der Waals surface area contributed by atoms with E-state index < -0.39 is 94.8 Å². The van der Waals surface area contributed by atoms with Crippen molar-refractivity contribution in [1.29, 1.82) is 0 Å². The predicted octanol–water partition coefficient (Wildman–Crippen LogP) is 0.524. The summed E-state index contributed by atoms with van der Waals surface area (Å²) < 4.78 is 36.3. The van der Waals surface area contributed by atoms with E-state index in [1.165, 1.54) is 12.5 Å². The number of hydrogen-bond acceptors (Lipinski definition) is 13. The summed E-state index contributed by atoms with van der Waals surface area (Å²) in [6.07, 6.45) is -6.02. The van der Waals surface area contributed by atoms with Gasteiger partial charge < -0.3 is 53.6 Å². The van der Waals surface area contributed by atoms with E-state index >= 15 is 0 Å². The van der Waals surface area contributed by atoms with Gasteiger partial charge in [0.25, 0.3) is 0 Å². The first-order chi connectivity index (χ1) is 22.1. The fourth-order valence-electron chi connectivity index (χ4n) is 10.8. The average molecular weight is 665 g/mol. The molecule has 1 aromatic rings. The van der Waals surface area contributed by atoms with E-state index in [1.54, 1.807) is 13.0 Å². The summed E-state index contributed by atoms with van der Waals surface area (Å²) in [5.74, 6) is -2.47. The highest BCUT2D eigenvalue weighted by molar-refractivity contribution is 5.92. The normalized spacial score (nSPS) is 49.1. The Bertz CT molecular complexity index is 1430. The Morgan fingerprint density at radius 1 is 1.02 bits per heavy atom. The van der Waals surface area contributed by atoms with Gasteiger partial charge in [0.05, 0.1) is 55.4 Å². The number of fused-ring (bicyclic) bond motifs is 2. The molecule has 2 saturated carbocycles. The lowest BCUT2D eigenvalue weighted by Crippen LogP contribution is -2.72. The molecule has 0 bridgehead atoms. The lowest BCUT2D eigenvalue weighted by Gasteiger charge is -2.64. The standard InChI is InChI=1S/C33H44O14/c1-29(2)19-9-20(35)31(4)18(32(19)14-44-22(36)10-21(32)46-29)5-7-30(3,33(31)27(47-33)28(40)41)26(15-6-8-42-12-15)43-13-17-24(38)25(39)23(37)16(11-34)45-17/h6,8,12,16-19,21,23-27,34,37-39H,5,7,9-11,13-14H2,1-4H3,(H,40,41)/t16?,17-,18?,19?,21?,23+,24+,25?,26?,27?,30+,31?,32?,33?/m1/s1. The van der Waals surface area contributed by atoms with Crippen molar-refractivity contribution in [3.05, 3.63) is 24.2 Å². The van der Waals surface area contributed by atoms with Crippen molar-refractivity contribution in [2.75, 3.05) is 19.8 Å². The van der Waals surface area contributed by atoms with Crippen LogP contribution >= 0.6 is 0 Å². The number of carboxylic acids is 1. The second-order valence-electron chi connectivity index (χ2n) is 15.3. The number of epoxide rings is 1. The van der Waals surface area contributed by atoms with Crippen molar-refractivity contribution in [3.63, 3.8) is 0 Å². The van der Waals surface area contributed by atoms with E-state index in [2.05, 4.69) is 0 Å². The molecule has 14 heteroatoms. The van der Waals surface area contributed by atoms with Gasteiger partial charge in [0.15, 0.2) is 6.10 Å². The van der Waals surface area contributed by atoms with Crippen LogP contribution in [0.15, 0.2) is 23.0 Å². The van der Waals surface area contributed by atoms with Crippen LogP contribution in [0, 0.1) is 28.1 Å². The predicted molar refractivity (Wildman–Crippen MR) is 155 cm³/mol. The van der Waals surface area contributed by atoms with Gasteiger partial charge in [0.2, 0.25) is 0 Å². The Morgan fingerprint density at radius 3 is 2.38 bits per heavy atom. The molecule has 6 aliphatic rings. The number of hydrogen-bond donors (Lipinski definition) is 5. The number of carbonyl (C=O) groups is 3. The van der Waals surface area contributed by atoms with Crippen LogP contribution in [0.2, 0.25) is 0 Å². The molecular formula is C33H44O14. The molecule has 2 spiro atoms. The van der Waals surface area contributed by atoms with Gasteiger partial charge in [0, 0.05) is 28.7 Å². The summed E-state index contributed by atoms with van der Waals surface area (Å²) in [5, 5.41) is 51.6. The van der Waals surface area contributed by atoms with E-state index in [0.717, 1.165) is 0 Å². The third kappa shape index (κ3) is 4.22. The Hall–Kier alpha value is -2.43. The van der Waals surface area contributed by atoms with Gasteiger partial charge in [-0.25, -0.2) is 4.79 Å². The van der Waals surface area contributed by atoms with Crippen LogP contribution < -0.4 is 0 Å². The van der Waals surface area contributed by atoms with Gasteiger partial charge in [-0.2, -0.15) is 0 Å². The first-order valence-electron chi connectivity index (χ1n) is 16.3. The molecule has 2 aliphatic carbocycles. The van der Waals surface area contributed by atoms with E-state index in [9.17, 15) is 39.9 Å². The lowest BCUT2D eigenvalue weighted by molar-refractivity contribution is -0.252. The number of rotatable bonds is 7. The number of cyclic esters (lactones) is 1. The number of esters is 1. The summed E-state index contributed by atoms with van der Waals surface area (Å²) in [6, 6.07) is 1.67. The average Bonchev–Trinajstić information content (AvgIpc) is 3.50. The van der Waals surface area contributed by atoms with Crippen molar-refractivity contribution in [2.24, 2.45) is 28.1 Å². The van der Waals surface area contributed by atoms with Gasteiger partial charge in [-0.05, 0) is 45.6 Å². The number of aliphatic carboxylic acids is 1. The van der Waals surface area contributed by atoms with Gasteiger partial charge in [-0.3, -0.25) is 9.59 Å². The van der Waals surface area contributed by atoms with Crippen LogP contribution in [0.1, 0.15) is 65.0 Å². The maximum Gasteiger partial charge on any atom is 0.335 e. The molecule has 0 aromatic carbocycles. The van der Waals surface area contributed by atoms with Gasteiger partial charge >= 0.3 is 11.9 Å². The first kappa shape index (κ1) is 33.1. The highest BCUT2D eigenvalue weighted by atomic mass is 16.6. The zero-order valence-corrected chi connectivity index (χ0v) is 26.9. The molecule has 0 radical (unpaired) electrons. The van der Waals surface area contributed by atoms with Gasteiger partial charge in [-0.15, -0.1) is 0 Å². The molecule has 14 nitrogen and oxygen atoms in total. The fourth-order valence-corrected chi connectivity index (χ4v) is 10.8. The van der Waals surface area contributed by atoms with Crippen LogP contribution in [0.3, 0.4) is 0 Å². The Balaban J connectivity index is 1.30. The van der Waals surface area contributed by atoms with E-state index in [4.69, 9.17) is 28.1 Å². The number of ketones is 1. The third-order valence-corrected chi connectivity index (χ3v) is 12.9. The molecule has 5 N–H and O–H groups in total. The van der Waals surface area contributed by atoms with Crippen molar-refractivity contribution in [3.8, 4) is 0 Å². The number of Topliss-reactive ketones (excluding diaryl/α,β-unsaturated/α-hetero) is 1. The fraction of sp³-hybridized carbons (Fsp3) is 0.788. The van der Waals surface area contributed by atoms with Crippen LogP contribution in [0.5, 0.6) is 0 Å². The van der Waals surface area contributed by atoms with Crippen molar-refractivity contribution in [2.45, 2.75) is 113 Å². The minimum Gasteiger partial charge on any atom is -0.479 e. The summed E-state index contributed by atoms with van der Waals surface area (Å²) in [4.78, 5) is 40.1. The third-order valence-electron chi connectivity index (χ3n) is 12.9. The monoisotopic (exact) mass is 664 g/mol. The summed E-state index contributed by atoms with van der Waals surface area (Å²) in [6.45, 7) is 6.61. The van der Waals surface area contributed by atoms with Crippen molar-refractivity contribution >= 4 is 17.7 Å². The maximum atomic E-state index is 14.7. The molecule has 0 amide bonds. The van der Waals surface area contributed by atoms with Gasteiger partial charge in [-0.1, -0.05) is 6.92 Å². The van der Waals surface area contributed by atoms with Crippen molar-refractivity contribution < 1.29 is 68.0 Å². The molecule has 10 unspecified atom stereocenters. The quantitative estimate of drug-likeness (QED) is 0.199. The smallest absolute Gasteiger partial charge is 0.335 e. The molecule has 47 heavy (non-hydrogen) atoms. The zero-order chi connectivity index (χ0) is 33.9. The van der Waals surface area contributed by atoms with Gasteiger partial charge in [0.1, 0.15) is 48.5 Å². The molecule has 4 saturated heterocycles. The van der Waals surface area contributed by atoms with Crippen molar-refractivity contribution in [1.82, 2.24) is 0 Å². The molecule has 6 fully saturated rings. The molecule has 260 valence electrons. The van der Waals surface area contributed by atoms with Crippen LogP contribution in [-0.4, -0.2) is 117 Å². The summed E-state index contributed by atoms with van der Waals surface area (Å²) in [5.41, 5.74) is -5.04. The minimum atomic E-state index is -1.61. The number of aliphatic hydroxyl groups is 4. The molecule has 5 heterocycles. The van der Waals surface area contributed by atoms with E-state index in [0.29, 0.717) is 18.4 Å². The number of aliphatic hydroxyl groups excluding tert-OH is 4. The largest absolute Gasteiger partial charge is 0.479 e. The molecule has 14 atom stereocenters. The molecule has 4 aliphatic heterocycles. The maximum absolute atomic E-state index is 14.7. The summed E-state index contributed by atoms with van der Waals surface area (Å²) >= 11 is 0. The number of carboxylic acid groups (broad SMARTS) is 1. The second-order valence-corrected chi connectivity index (χ2v) is 15.3. The number of ether oxygens (including phenoxy) is 5. The molecule has 7 rings (SSSR count). The Kier molecular flexibility index (Phi) is 7.59. The van der Waals surface area contributed by atoms with Crippen LogP contribution in [0.4, 0.5) is 0 Å². The van der Waals surface area contributed by atoms with E-state index in [1.807, 2.05) is 20.8 Å². The number of furan rings is 1. The minimum absolute atomic E-state index is 0.0358. The molecular weight excluding hydrogens is 620 g/mol. The van der Waals surface area contributed by atoms with Crippen LogP contribution in [0.25, 0.3) is 0 Å². The SMILES string of the molecule is CC1(C)OC2CC(=O)OCC23C1CC(=O)C1(C)C3CC[C@@](C)(C(OC[C@H]2OC(CO)[C@H](O)C(O)[C@H]2O)c2ccoc2)C12OC2C(=O)O. The topological polar surface area (TPSA) is 215 Å². The lowest BCUT2D eigenvalue weighted by atomic mass is 9.37. The Morgan fingerprint density at radius 2 is 1.74 bits per heavy atom. The highest BCUT2D eigenvalue weighted by Gasteiger charge is 2.88. The van der Waals surface area contributed by atoms with Crippen LogP contribution in [-0.2, 0) is 38.1 Å².